The van der Waals surface area contributed by atoms with E-state index in [4.69, 9.17) is 44.3 Å². The molecule has 2 aliphatic heterocycles. The summed E-state index contributed by atoms with van der Waals surface area (Å²) in [6.45, 7) is 3.56. The van der Waals surface area contributed by atoms with Crippen LogP contribution in [0.4, 0.5) is 13.2 Å². The van der Waals surface area contributed by atoms with Crippen molar-refractivity contribution < 1.29 is 27.4 Å². The lowest BCUT2D eigenvalue weighted by Gasteiger charge is -2.40. The molecule has 2 bridgehead atoms. The Morgan fingerprint density at radius 3 is 2.56 bits per heavy atom. The van der Waals surface area contributed by atoms with E-state index < -0.39 is 11.7 Å². The van der Waals surface area contributed by atoms with Crippen molar-refractivity contribution in [2.24, 2.45) is 0 Å². The molecule has 7 nitrogen and oxygen atoms in total. The van der Waals surface area contributed by atoms with Gasteiger partial charge in [-0.05, 0) is 61.1 Å². The third-order valence-corrected chi connectivity index (χ3v) is 9.96. The molecule has 6 rings (SSSR count). The van der Waals surface area contributed by atoms with E-state index in [2.05, 4.69) is 15.6 Å². The van der Waals surface area contributed by atoms with Crippen LogP contribution in [0.2, 0.25) is 15.1 Å². The molecule has 2 aromatic carbocycles. The second kappa shape index (κ2) is 13.3. The Labute approximate surface area is 277 Å². The summed E-state index contributed by atoms with van der Waals surface area (Å²) >= 11 is 20.1. The molecular formula is C31H30Cl3F3N4O3S. The molecule has 3 heterocycles. The van der Waals surface area contributed by atoms with E-state index in [1.807, 2.05) is 6.92 Å². The minimum absolute atomic E-state index is 0.0152. The summed E-state index contributed by atoms with van der Waals surface area (Å²) in [7, 11) is 0. The Morgan fingerprint density at radius 2 is 1.84 bits per heavy atom. The van der Waals surface area contributed by atoms with Gasteiger partial charge in [-0.1, -0.05) is 58.3 Å². The fourth-order valence-corrected chi connectivity index (χ4v) is 7.63. The molecule has 2 fully saturated rings. The van der Waals surface area contributed by atoms with Gasteiger partial charge in [0.2, 0.25) is 0 Å². The van der Waals surface area contributed by atoms with E-state index in [1.165, 1.54) is 17.4 Å². The van der Waals surface area contributed by atoms with E-state index in [1.54, 1.807) is 29.3 Å². The number of piperazine rings is 1. The minimum atomic E-state index is -4.59. The summed E-state index contributed by atoms with van der Waals surface area (Å²) in [6, 6.07) is 7.16. The lowest BCUT2D eigenvalue weighted by atomic mass is 9.86. The van der Waals surface area contributed by atoms with Gasteiger partial charge < -0.3 is 25.0 Å². The molecule has 0 unspecified atom stereocenters. The molecule has 1 aromatic heterocycles. The lowest BCUT2D eigenvalue weighted by molar-refractivity contribution is -0.137. The van der Waals surface area contributed by atoms with Crippen LogP contribution in [0.15, 0.2) is 42.1 Å². The number of rotatable bonds is 10. The van der Waals surface area contributed by atoms with Crippen LogP contribution in [-0.2, 0) is 17.5 Å². The Morgan fingerprint density at radius 1 is 1.11 bits per heavy atom. The van der Waals surface area contributed by atoms with Gasteiger partial charge in [0.15, 0.2) is 5.75 Å². The van der Waals surface area contributed by atoms with Crippen molar-refractivity contribution in [1.29, 1.82) is 0 Å². The number of carbonyl (C=O) groups is 1. The number of amides is 1. The molecule has 0 spiro atoms. The van der Waals surface area contributed by atoms with E-state index in [9.17, 15) is 18.0 Å². The highest BCUT2D eigenvalue weighted by molar-refractivity contribution is 7.14. The number of carbonyl (C=O) groups excluding carboxylic acids is 1. The van der Waals surface area contributed by atoms with Gasteiger partial charge in [-0.2, -0.15) is 13.2 Å². The average molecular weight is 702 g/mol. The first-order valence-corrected chi connectivity index (χ1v) is 16.5. The summed E-state index contributed by atoms with van der Waals surface area (Å²) in [6.07, 6.45) is -0.738. The quantitative estimate of drug-likeness (QED) is 0.219. The first-order valence-electron chi connectivity index (χ1n) is 14.5. The number of nitrogens with zero attached hydrogens (tertiary/aromatic N) is 2. The van der Waals surface area contributed by atoms with Crippen LogP contribution >= 0.6 is 46.1 Å². The highest BCUT2D eigenvalue weighted by Gasteiger charge is 2.42. The number of aryl methyl sites for hydroxylation is 1. The number of ether oxygens (including phenoxy) is 2. The van der Waals surface area contributed by atoms with Crippen molar-refractivity contribution in [2.75, 3.05) is 26.3 Å². The van der Waals surface area contributed by atoms with Gasteiger partial charge in [0.25, 0.3) is 11.1 Å². The fraction of sp³-hybridized carbons (Fsp3) is 0.419. The number of halogens is 6. The molecule has 240 valence electrons. The zero-order chi connectivity index (χ0) is 31.9. The Kier molecular flexibility index (Phi) is 9.57. The molecule has 2 atom stereocenters. The number of aromatic nitrogens is 1. The SMILES string of the molecule is Cc1cc(Cl)c(OCCOc2ncc(C3=C(C(=O)N(Cc4cccc(C(F)(F)F)c4Cl)C4CC4)[C@@H]4CNC[C@H](C3)N4)s2)c(Cl)c1. The summed E-state index contributed by atoms with van der Waals surface area (Å²) in [4.78, 5) is 21.3. The smallest absolute Gasteiger partial charge is 0.417 e. The van der Waals surface area contributed by atoms with Gasteiger partial charge in [0.1, 0.15) is 13.2 Å². The van der Waals surface area contributed by atoms with Crippen molar-refractivity contribution in [1.82, 2.24) is 20.5 Å². The summed E-state index contributed by atoms with van der Waals surface area (Å²) in [5.74, 6) is 0.180. The molecule has 0 radical (unpaired) electrons. The topological polar surface area (TPSA) is 75.7 Å². The van der Waals surface area contributed by atoms with Crippen LogP contribution < -0.4 is 20.1 Å². The molecule has 1 aliphatic carbocycles. The number of benzene rings is 2. The average Bonchev–Trinajstić information content (AvgIpc) is 3.71. The van der Waals surface area contributed by atoms with Gasteiger partial charge >= 0.3 is 6.18 Å². The summed E-state index contributed by atoms with van der Waals surface area (Å²) in [5, 5.41) is 7.83. The molecule has 2 N–H and O–H groups in total. The van der Waals surface area contributed by atoms with Gasteiger partial charge in [-0.3, -0.25) is 4.79 Å². The molecule has 14 heteroatoms. The van der Waals surface area contributed by atoms with Crippen LogP contribution in [0.1, 0.15) is 40.8 Å². The summed E-state index contributed by atoms with van der Waals surface area (Å²) < 4.78 is 52.3. The van der Waals surface area contributed by atoms with Crippen molar-refractivity contribution >= 4 is 57.6 Å². The second-order valence-electron chi connectivity index (χ2n) is 11.4. The maximum atomic E-state index is 14.3. The Hall–Kier alpha value is -2.54. The van der Waals surface area contributed by atoms with Gasteiger partial charge in [-0.25, -0.2) is 4.98 Å². The zero-order valence-electron chi connectivity index (χ0n) is 24.1. The van der Waals surface area contributed by atoms with Gasteiger partial charge in [0.05, 0.1) is 31.6 Å². The predicted octanol–water partition coefficient (Wildman–Crippen LogP) is 7.17. The molecule has 3 aliphatic rings. The van der Waals surface area contributed by atoms with Crippen LogP contribution in [0.25, 0.3) is 5.57 Å². The number of thiazole rings is 1. The highest BCUT2D eigenvalue weighted by Crippen LogP contribution is 2.41. The molecule has 3 aromatic rings. The van der Waals surface area contributed by atoms with Crippen LogP contribution in [-0.4, -0.2) is 60.2 Å². The molecular weight excluding hydrogens is 672 g/mol. The number of fused-ring (bicyclic) bond motifs is 2. The molecule has 1 saturated carbocycles. The summed E-state index contributed by atoms with van der Waals surface area (Å²) in [5.41, 5.74) is 1.75. The van der Waals surface area contributed by atoms with Gasteiger partial charge in [-0.15, -0.1) is 0 Å². The second-order valence-corrected chi connectivity index (χ2v) is 13.5. The fourth-order valence-electron chi connectivity index (χ4n) is 5.77. The maximum Gasteiger partial charge on any atom is 0.417 e. The number of alkyl halides is 3. The van der Waals surface area contributed by atoms with Crippen molar-refractivity contribution in [2.45, 2.75) is 57.0 Å². The van der Waals surface area contributed by atoms with E-state index in [0.717, 1.165) is 41.5 Å². The number of nitrogens with one attached hydrogen (secondary N) is 2. The van der Waals surface area contributed by atoms with Crippen molar-refractivity contribution in [3.8, 4) is 10.9 Å². The Bertz CT molecular complexity index is 1610. The predicted molar refractivity (Wildman–Crippen MR) is 169 cm³/mol. The Balaban J connectivity index is 1.22. The third-order valence-electron chi connectivity index (χ3n) is 7.98. The van der Waals surface area contributed by atoms with Crippen LogP contribution in [0, 0.1) is 6.92 Å². The largest absolute Gasteiger partial charge is 0.487 e. The first-order chi connectivity index (χ1) is 21.5. The standard InChI is InChI=1S/C31H30Cl3F3N4O3S/c1-16-9-22(32)28(23(33)10-16)43-7-8-44-30-39-14-25(45-30)20-11-18-12-38-13-24(40-18)26(20)29(42)41(19-5-6-19)15-17-3-2-4-21(27(17)34)31(35,36)37/h2-4,9-10,14,18-19,24,38,40H,5-8,11-13,15H2,1H3/t18-,24-/m0/s1. The van der Waals surface area contributed by atoms with Crippen LogP contribution in [0.5, 0.6) is 10.9 Å². The van der Waals surface area contributed by atoms with E-state index in [0.29, 0.717) is 39.5 Å². The highest BCUT2D eigenvalue weighted by atomic mass is 35.5. The van der Waals surface area contributed by atoms with Crippen molar-refractivity contribution in [3.05, 3.63) is 78.7 Å². The van der Waals surface area contributed by atoms with Gasteiger partial charge in [0, 0.05) is 43.5 Å². The molecule has 1 amide bonds. The molecule has 45 heavy (non-hydrogen) atoms. The first kappa shape index (κ1) is 32.4. The van der Waals surface area contributed by atoms with E-state index in [-0.39, 0.29) is 54.4 Å². The monoisotopic (exact) mass is 700 g/mol. The van der Waals surface area contributed by atoms with Crippen molar-refractivity contribution in [3.63, 3.8) is 0 Å². The van der Waals surface area contributed by atoms with Crippen LogP contribution in [0.3, 0.4) is 0 Å². The maximum absolute atomic E-state index is 14.3. The molecule has 1 saturated heterocycles. The normalized spacial score (nSPS) is 19.9. The minimum Gasteiger partial charge on any atom is -0.487 e. The third kappa shape index (κ3) is 7.24. The number of hydrogen-bond donors (Lipinski definition) is 2. The zero-order valence-corrected chi connectivity index (χ0v) is 27.2. The number of hydrogen-bond acceptors (Lipinski definition) is 7. The van der Waals surface area contributed by atoms with E-state index >= 15 is 0 Å². The lowest BCUT2D eigenvalue weighted by Crippen LogP contribution is -2.59.